The molecule has 0 fully saturated rings. The lowest BCUT2D eigenvalue weighted by Gasteiger charge is -2.13. The zero-order chi connectivity index (χ0) is 85.5. The second kappa shape index (κ2) is 45.9. The van der Waals surface area contributed by atoms with Gasteiger partial charge in [-0.1, -0.05) is 23.7 Å². The first kappa shape index (κ1) is 90.5. The van der Waals surface area contributed by atoms with Gasteiger partial charge in [-0.25, -0.2) is 15.0 Å². The number of anilines is 5. The highest BCUT2D eigenvalue weighted by Gasteiger charge is 2.33. The van der Waals surface area contributed by atoms with Crippen LogP contribution in [0.5, 0.6) is 5.75 Å². The standard InChI is InChI=1S/C79H100ClN21O18S/c1-50-51(2)120-79-68(50)69(53-9-11-54(80)12-10-53)89-59(70-95-94-52(3)101(70)79)45-67(105)86-55-13-15-58(16-14-55)119-42-41-118-40-39-117-38-37-116-36-35-115-34-33-114-32-31-113-30-29-112-28-27-111-26-24-81-64(102)17-20-85-76(108)72-92-62(48-99(72)7)90-65(103)18-21-84-75(107)61-44-57(47-98(61)6)88-78(110)73-93-63(49-100(73)8)91-66(104)19-22-83-74(106)60-43-56(46-97(60)5)87-77(109)71-82-23-25-96(71)4/h9-16,23,25,43-44,46-49,59H,17-22,24,26-42,45H2,1-8H3,(H,81,102)(H,83,106)(H,84,107)(H,85,108)(H,86,105)(H,87,109)(H,88,110)(H,90,103)(H,91,104). The Balaban J connectivity index is 0.466. The highest BCUT2D eigenvalue weighted by Crippen LogP contribution is 2.40. The third-order valence-electron chi connectivity index (χ3n) is 18.2. The number of hydrogen-bond acceptors (Lipinski definition) is 25. The summed E-state index contributed by atoms with van der Waals surface area (Å²) in [6.07, 6.45) is 8.86. The summed E-state index contributed by atoms with van der Waals surface area (Å²) in [4.78, 5) is 135. The average Bonchev–Trinajstić information content (AvgIpc) is 1.59. The van der Waals surface area contributed by atoms with E-state index in [1.54, 1.807) is 87.8 Å². The van der Waals surface area contributed by atoms with Gasteiger partial charge in [-0.2, -0.15) is 0 Å². The number of fused-ring (bicyclic) bond motifs is 3. The highest BCUT2D eigenvalue weighted by molar-refractivity contribution is 7.15. The third kappa shape index (κ3) is 27.1. The van der Waals surface area contributed by atoms with Crippen molar-refractivity contribution in [2.75, 3.05) is 165 Å². The number of carbonyl (C=O) groups is 9. The molecule has 1 aliphatic heterocycles. The van der Waals surface area contributed by atoms with E-state index < -0.39 is 47.4 Å². The van der Waals surface area contributed by atoms with E-state index in [-0.39, 0.29) is 116 Å². The number of rotatable bonds is 50. The summed E-state index contributed by atoms with van der Waals surface area (Å²) in [5.41, 5.74) is 5.46. The van der Waals surface area contributed by atoms with Crippen LogP contribution in [0.2, 0.25) is 5.02 Å². The molecule has 9 amide bonds. The van der Waals surface area contributed by atoms with E-state index in [0.29, 0.717) is 134 Å². The SMILES string of the molecule is Cc1sc2c(c1C)C(c1ccc(Cl)cc1)=NC(CC(=O)Nc1ccc(OCCOCCOCCOCCOCCOCCOCCOCCOCCNC(=O)CCNC(=O)c3nc(NC(=O)CCNC(=O)c4cc(NC(=O)c5nc(NC(=O)CCNC(=O)c6cc(NC(=O)c7nccn7C)cn6C)cn5C)cn4C)cn3C)cc1)c1nnc(C)n1-2. The Kier molecular flexibility index (Phi) is 34.6. The van der Waals surface area contributed by atoms with Crippen LogP contribution in [0, 0.1) is 20.8 Å². The van der Waals surface area contributed by atoms with E-state index in [1.165, 1.54) is 55.2 Å². The van der Waals surface area contributed by atoms with Gasteiger partial charge >= 0.3 is 0 Å². The van der Waals surface area contributed by atoms with Gasteiger partial charge in [0, 0.05) is 145 Å². The van der Waals surface area contributed by atoms with Crippen LogP contribution < -0.4 is 52.6 Å². The van der Waals surface area contributed by atoms with Gasteiger partial charge in [-0.3, -0.25) is 52.7 Å². The molecule has 10 rings (SSSR count). The third-order valence-corrected chi connectivity index (χ3v) is 19.6. The molecular formula is C79H100ClN21O18S. The summed E-state index contributed by atoms with van der Waals surface area (Å²) in [5, 5.41) is 34.8. The van der Waals surface area contributed by atoms with Crippen LogP contribution in [-0.4, -0.2) is 250 Å². The number of ether oxygens (including phenoxy) is 9. The molecule has 0 spiro atoms. The summed E-state index contributed by atoms with van der Waals surface area (Å²) in [5.74, 6) is -1.91. The fourth-order valence-corrected chi connectivity index (χ4v) is 13.4. The van der Waals surface area contributed by atoms with Crippen LogP contribution in [-0.2, 0) is 92.3 Å². The topological polar surface area (TPSA) is 451 Å². The molecule has 0 bridgehead atoms. The minimum Gasteiger partial charge on any atom is -0.491 e. The van der Waals surface area contributed by atoms with Crippen LogP contribution >= 0.6 is 22.9 Å². The van der Waals surface area contributed by atoms with Gasteiger partial charge in [-0.05, 0) is 74.9 Å². The summed E-state index contributed by atoms with van der Waals surface area (Å²) < 4.78 is 59.8. The van der Waals surface area contributed by atoms with Crippen molar-refractivity contribution in [2.24, 2.45) is 40.2 Å². The predicted molar refractivity (Wildman–Crippen MR) is 442 cm³/mol. The van der Waals surface area contributed by atoms with Gasteiger partial charge in [0.25, 0.3) is 29.5 Å². The molecule has 39 nitrogen and oxygen atoms in total. The van der Waals surface area contributed by atoms with E-state index in [2.05, 4.69) is 86.8 Å². The van der Waals surface area contributed by atoms with E-state index >= 15 is 0 Å². The minimum absolute atomic E-state index is 0.00664. The molecule has 0 aliphatic carbocycles. The summed E-state index contributed by atoms with van der Waals surface area (Å²) in [7, 11) is 8.04. The van der Waals surface area contributed by atoms with Crippen molar-refractivity contribution in [2.45, 2.75) is 52.5 Å². The number of amides is 9. The van der Waals surface area contributed by atoms with Crippen LogP contribution in [0.1, 0.15) is 118 Å². The second-order valence-corrected chi connectivity index (χ2v) is 28.9. The molecule has 1 aliphatic rings. The minimum atomic E-state index is -0.641. The number of halogens is 1. The molecule has 7 aromatic heterocycles. The average molecular weight is 1700 g/mol. The molecule has 0 saturated heterocycles. The molecule has 9 N–H and O–H groups in total. The van der Waals surface area contributed by atoms with E-state index in [4.69, 9.17) is 59.2 Å². The second-order valence-electron chi connectivity index (χ2n) is 27.2. The quantitative estimate of drug-likeness (QED) is 0.0222. The van der Waals surface area contributed by atoms with E-state index in [0.717, 1.165) is 38.1 Å². The number of nitrogens with one attached hydrogen (secondary N) is 9. The highest BCUT2D eigenvalue weighted by atomic mass is 35.5. The van der Waals surface area contributed by atoms with Crippen molar-refractivity contribution < 1.29 is 85.8 Å². The van der Waals surface area contributed by atoms with Crippen LogP contribution in [0.15, 0.2) is 103 Å². The fraction of sp³-hybridized carbons (Fsp3) is 0.430. The number of aryl methyl sites for hydroxylation is 7. The van der Waals surface area contributed by atoms with Gasteiger partial charge in [0.1, 0.15) is 40.6 Å². The van der Waals surface area contributed by atoms with Crippen LogP contribution in [0.25, 0.3) is 5.00 Å². The largest absolute Gasteiger partial charge is 0.491 e. The Bertz CT molecular complexity index is 5010. The normalized spacial score (nSPS) is 12.2. The lowest BCUT2D eigenvalue weighted by Crippen LogP contribution is -2.33. The first-order valence-corrected chi connectivity index (χ1v) is 39.9. The Labute approximate surface area is 700 Å². The van der Waals surface area contributed by atoms with E-state index in [9.17, 15) is 43.2 Å². The summed E-state index contributed by atoms with van der Waals surface area (Å²) >= 11 is 7.92. The molecule has 8 heterocycles. The number of benzene rings is 2. The zero-order valence-electron chi connectivity index (χ0n) is 68.0. The maximum Gasteiger partial charge on any atom is 0.291 e. The summed E-state index contributed by atoms with van der Waals surface area (Å²) in [6.45, 7) is 12.7. The summed E-state index contributed by atoms with van der Waals surface area (Å²) in [6, 6.07) is 17.1. The molecule has 0 radical (unpaired) electrons. The van der Waals surface area contributed by atoms with Crippen LogP contribution in [0.3, 0.4) is 0 Å². The lowest BCUT2D eigenvalue weighted by molar-refractivity contribution is -0.121. The zero-order valence-corrected chi connectivity index (χ0v) is 69.6. The van der Waals surface area contributed by atoms with Crippen molar-refractivity contribution in [1.29, 1.82) is 0 Å². The smallest absolute Gasteiger partial charge is 0.291 e. The van der Waals surface area contributed by atoms with Crippen molar-refractivity contribution in [1.82, 2.24) is 73.8 Å². The van der Waals surface area contributed by atoms with Crippen molar-refractivity contribution in [3.8, 4) is 10.8 Å². The monoisotopic (exact) mass is 1700 g/mol. The lowest BCUT2D eigenvalue weighted by atomic mass is 9.99. The molecular weight excluding hydrogens is 1600 g/mol. The molecule has 2 aromatic carbocycles. The predicted octanol–water partition coefficient (Wildman–Crippen LogP) is 5.18. The maximum absolute atomic E-state index is 13.6. The Morgan fingerprint density at radius 1 is 0.450 bits per heavy atom. The van der Waals surface area contributed by atoms with Gasteiger partial charge in [-0.15, -0.1) is 21.5 Å². The number of hydrogen-bond donors (Lipinski definition) is 9. The fourth-order valence-electron chi connectivity index (χ4n) is 12.1. The Morgan fingerprint density at radius 2 is 0.917 bits per heavy atom. The van der Waals surface area contributed by atoms with E-state index in [1.807, 2.05) is 35.8 Å². The molecule has 1 unspecified atom stereocenters. The molecule has 120 heavy (non-hydrogen) atoms. The maximum atomic E-state index is 13.6. The number of thiophene rings is 1. The van der Waals surface area contributed by atoms with Gasteiger partial charge in [0.15, 0.2) is 23.3 Å². The first-order valence-electron chi connectivity index (χ1n) is 38.7. The Hall–Kier alpha value is -11.9. The van der Waals surface area contributed by atoms with Crippen molar-refractivity contribution >= 4 is 111 Å². The van der Waals surface area contributed by atoms with Gasteiger partial charge < -0.3 is 113 Å². The van der Waals surface area contributed by atoms with Gasteiger partial charge in [0.2, 0.25) is 35.3 Å². The Morgan fingerprint density at radius 3 is 1.42 bits per heavy atom. The number of aromatic nitrogens is 11. The molecule has 1 atom stereocenters. The van der Waals surface area contributed by atoms with Crippen molar-refractivity contribution in [3.63, 3.8) is 0 Å². The molecule has 9 aromatic rings. The van der Waals surface area contributed by atoms with Crippen LogP contribution in [0.4, 0.5) is 28.7 Å². The van der Waals surface area contributed by atoms with Gasteiger partial charge in [0.05, 0.1) is 129 Å². The number of nitrogens with zero attached hydrogens (tertiary/aromatic N) is 12. The molecule has 41 heteroatoms. The molecule has 0 saturated carbocycles. The number of imidazole rings is 3. The first-order chi connectivity index (χ1) is 58.0. The number of aliphatic imine (C=N–C) groups is 1. The number of carbonyl (C=O) groups excluding carboxylic acids is 9. The van der Waals surface area contributed by atoms with Crippen molar-refractivity contribution in [3.05, 3.63) is 165 Å². The molecule has 642 valence electrons.